The summed E-state index contributed by atoms with van der Waals surface area (Å²) < 4.78 is 0. The van der Waals surface area contributed by atoms with Crippen LogP contribution in [0.25, 0.3) is 5.32 Å². The Morgan fingerprint density at radius 1 is 0.449 bits per heavy atom. The number of nitro groups is 2. The van der Waals surface area contributed by atoms with E-state index in [9.17, 15) is 29.8 Å². The molecule has 10 aliphatic carbocycles. The van der Waals surface area contributed by atoms with Gasteiger partial charge in [0.2, 0.25) is 12.1 Å². The molecule has 14 heteroatoms. The van der Waals surface area contributed by atoms with Crippen LogP contribution >= 0.6 is 0 Å². The molecule has 10 saturated carbocycles. The summed E-state index contributed by atoms with van der Waals surface area (Å²) in [5, 5.41) is 43.0. The molecule has 0 aromatic heterocycles. The van der Waals surface area contributed by atoms with Crippen molar-refractivity contribution in [2.24, 2.45) is 105 Å². The van der Waals surface area contributed by atoms with Gasteiger partial charge in [0.15, 0.2) is 0 Å². The zero-order valence-electron chi connectivity index (χ0n) is 41.9. The van der Waals surface area contributed by atoms with Gasteiger partial charge in [-0.05, 0) is 198 Å². The maximum Gasteiger partial charge on any atom is 0.306 e. The summed E-state index contributed by atoms with van der Waals surface area (Å²) in [5.41, 5.74) is 0. The van der Waals surface area contributed by atoms with Crippen molar-refractivity contribution >= 4 is 24.4 Å². The van der Waals surface area contributed by atoms with Crippen LogP contribution in [0.15, 0.2) is 9.98 Å². The largest absolute Gasteiger partial charge is 0.648 e. The molecule has 0 radical (unpaired) electrons. The van der Waals surface area contributed by atoms with E-state index < -0.39 is 24.0 Å². The van der Waals surface area contributed by atoms with Gasteiger partial charge in [-0.25, -0.2) is 0 Å². The predicted molar refractivity (Wildman–Crippen MR) is 264 cm³/mol. The first kappa shape index (κ1) is 53.0. The number of hydrogen-bond donors (Lipinski definition) is 2. The van der Waals surface area contributed by atoms with Crippen LogP contribution in [-0.4, -0.2) is 81.7 Å². The van der Waals surface area contributed by atoms with Gasteiger partial charge in [0, 0.05) is 68.1 Å². The number of aliphatic imine (C=N–C) groups is 2. The molecule has 1 saturated heterocycles. The number of piperidine rings is 1. The maximum atomic E-state index is 10.5. The van der Waals surface area contributed by atoms with Gasteiger partial charge in [0.25, 0.3) is 0 Å². The van der Waals surface area contributed by atoms with Crippen LogP contribution in [0.4, 0.5) is 0 Å². The Labute approximate surface area is 425 Å². The fourth-order valence-electron chi connectivity index (χ4n) is 18.1. The summed E-state index contributed by atoms with van der Waals surface area (Å²) in [6.45, 7) is 2.18. The van der Waals surface area contributed by atoms with Crippen molar-refractivity contribution in [1.82, 2.24) is 0 Å². The molecule has 0 aromatic carbocycles. The SMILES string of the molecule is C(=NCC1CCC2CCC3CCCC4CCC1C2C34)C1CCCC(C=NCC2CCC3CCC4CCCC5CCC2C3C45)[N-]1.O=C(O)C1CCC([N+](=O)[O-])CC1.O=C(O)C1CCC([N+](=O)[O-])CC1.[Zn]. The van der Waals surface area contributed by atoms with Crippen molar-refractivity contribution in [2.45, 2.75) is 210 Å². The Kier molecular flexibility index (Phi) is 18.9. The van der Waals surface area contributed by atoms with Crippen LogP contribution in [0.5, 0.6) is 0 Å². The normalized spacial score (nSPS) is 44.3. The summed E-state index contributed by atoms with van der Waals surface area (Å²) in [7, 11) is 0. The standard InChI is InChI=1S/C41H64N3.2C7H11NO4.Zn/c1-4-26-10-12-30-14-16-32(36-20-18-28(6-1)38(26)40(30)36)22-42-24-34-8-3-9-35(44-34)25-43-23-33-17-15-31-13-11-27-5-2-7-29-19-21-37(33)41(31)39(27)29;2*9-7(10)5-1-3-6(4-2-5)8(11)12;/h24-41H,1-23H2;2*5-6H,1-4H2,(H,9,10);/q-1;;;. The first-order chi connectivity index (χ1) is 33.0. The Balaban J connectivity index is 0.000000211. The summed E-state index contributed by atoms with van der Waals surface area (Å²) in [6.07, 6.45) is 39.3. The molecule has 11 aliphatic rings. The van der Waals surface area contributed by atoms with Crippen molar-refractivity contribution in [3.05, 3.63) is 25.5 Å². The summed E-state index contributed by atoms with van der Waals surface area (Å²) >= 11 is 0. The Bertz CT molecular complexity index is 1610. The minimum Gasteiger partial charge on any atom is -0.648 e. The van der Waals surface area contributed by atoms with Crippen molar-refractivity contribution in [2.75, 3.05) is 13.1 Å². The van der Waals surface area contributed by atoms with Crippen molar-refractivity contribution in [3.63, 3.8) is 0 Å². The Hall–Kier alpha value is -2.34. The molecule has 16 unspecified atom stereocenters. The number of aliphatic carboxylic acids is 2. The Morgan fingerprint density at radius 2 is 0.768 bits per heavy atom. The van der Waals surface area contributed by atoms with Crippen LogP contribution in [0.3, 0.4) is 0 Å². The van der Waals surface area contributed by atoms with Crippen LogP contribution in [0, 0.1) is 115 Å². The number of hydrogen-bond acceptors (Lipinski definition) is 8. The van der Waals surface area contributed by atoms with Gasteiger partial charge >= 0.3 is 11.9 Å². The van der Waals surface area contributed by atoms with Crippen molar-refractivity contribution in [3.8, 4) is 0 Å². The van der Waals surface area contributed by atoms with Crippen molar-refractivity contribution < 1.29 is 49.1 Å². The van der Waals surface area contributed by atoms with Gasteiger partial charge in [-0.3, -0.25) is 39.8 Å². The fraction of sp³-hybridized carbons (Fsp3) is 0.927. The molecule has 13 nitrogen and oxygen atoms in total. The maximum absolute atomic E-state index is 10.5. The van der Waals surface area contributed by atoms with E-state index in [0.717, 1.165) is 95.9 Å². The number of nitrogens with zero attached hydrogens (tertiary/aromatic N) is 5. The third kappa shape index (κ3) is 12.5. The topological polar surface area (TPSA) is 200 Å². The van der Waals surface area contributed by atoms with Crippen LogP contribution in [-0.2, 0) is 29.1 Å². The van der Waals surface area contributed by atoms with Gasteiger partial charge in [-0.15, -0.1) is 0 Å². The summed E-state index contributed by atoms with van der Waals surface area (Å²) in [5.74, 6) is 12.1. The summed E-state index contributed by atoms with van der Waals surface area (Å²) in [6, 6.07) is -0.358. The van der Waals surface area contributed by atoms with Crippen LogP contribution in [0.2, 0.25) is 0 Å². The van der Waals surface area contributed by atoms with Gasteiger partial charge in [0.05, 0.1) is 11.8 Å². The second-order valence-corrected chi connectivity index (χ2v) is 24.5. The molecule has 382 valence electrons. The third-order valence-corrected chi connectivity index (χ3v) is 21.3. The minimum atomic E-state index is -0.822. The molecule has 1 heterocycles. The van der Waals surface area contributed by atoms with E-state index in [-0.39, 0.29) is 41.2 Å². The quantitative estimate of drug-likeness (QED) is 0.0931. The second kappa shape index (κ2) is 24.6. The molecule has 2 N–H and O–H groups in total. The minimum absolute atomic E-state index is 0. The smallest absolute Gasteiger partial charge is 0.306 e. The molecule has 0 spiro atoms. The average molecular weight is 1010 g/mol. The van der Waals surface area contributed by atoms with E-state index in [1.165, 1.54) is 70.6 Å². The number of carbonyl (C=O) groups is 2. The van der Waals surface area contributed by atoms with E-state index in [4.69, 9.17) is 25.5 Å². The third-order valence-electron chi connectivity index (χ3n) is 21.3. The first-order valence-electron chi connectivity index (χ1n) is 28.4. The number of carboxylic acid groups (broad SMARTS) is 2. The van der Waals surface area contributed by atoms with E-state index >= 15 is 0 Å². The molecular weight excluding hydrogens is 924 g/mol. The van der Waals surface area contributed by atoms with Gasteiger partial charge in [-0.1, -0.05) is 69.9 Å². The van der Waals surface area contributed by atoms with E-state index in [2.05, 4.69) is 12.4 Å². The zero-order chi connectivity index (χ0) is 47.3. The van der Waals surface area contributed by atoms with Crippen LogP contribution < -0.4 is 0 Å². The van der Waals surface area contributed by atoms with E-state index in [1.807, 2.05) is 0 Å². The predicted octanol–water partition coefficient (Wildman–Crippen LogP) is 12.0. The molecule has 0 bridgehead atoms. The molecular formula is C55H86N5O8Zn-. The molecule has 16 atom stereocenters. The Morgan fingerprint density at radius 3 is 1.12 bits per heavy atom. The van der Waals surface area contributed by atoms with Crippen molar-refractivity contribution in [1.29, 1.82) is 0 Å². The monoisotopic (exact) mass is 1010 g/mol. The number of carboxylic acids is 2. The average Bonchev–Trinajstić information content (AvgIpc) is 3.36. The fourth-order valence-corrected chi connectivity index (χ4v) is 18.1. The second-order valence-electron chi connectivity index (χ2n) is 24.5. The van der Waals surface area contributed by atoms with Gasteiger partial charge < -0.3 is 15.5 Å². The first-order valence-corrected chi connectivity index (χ1v) is 28.4. The zero-order valence-corrected chi connectivity index (χ0v) is 44.9. The molecule has 1 aliphatic heterocycles. The molecule has 0 amide bonds. The van der Waals surface area contributed by atoms with Crippen LogP contribution in [0.1, 0.15) is 186 Å². The van der Waals surface area contributed by atoms with Gasteiger partial charge in [0.1, 0.15) is 0 Å². The molecule has 11 fully saturated rings. The molecule has 11 rings (SSSR count). The van der Waals surface area contributed by atoms with E-state index in [1.54, 1.807) is 64.2 Å². The van der Waals surface area contributed by atoms with Gasteiger partial charge in [-0.2, -0.15) is 0 Å². The van der Waals surface area contributed by atoms with E-state index in [0.29, 0.717) is 63.5 Å². The molecule has 69 heavy (non-hydrogen) atoms. The summed E-state index contributed by atoms with van der Waals surface area (Å²) in [4.78, 5) is 51.3. The number of rotatable bonds is 10. The molecule has 0 aromatic rings.